The first-order valence-corrected chi connectivity index (χ1v) is 2.98. The Hall–Kier alpha value is -1.27. The minimum atomic E-state index is -6.00. The molecule has 0 aromatic carbocycles. The number of halogens is 4. The maximum absolute atomic E-state index is 9.75. The molecular weight excluding hydrogens is 175 g/mol. The van der Waals surface area contributed by atoms with E-state index in [0.29, 0.717) is 0 Å². The van der Waals surface area contributed by atoms with Crippen LogP contribution in [0.3, 0.4) is 0 Å². The third-order valence-electron chi connectivity index (χ3n) is 0.628. The van der Waals surface area contributed by atoms with Crippen molar-refractivity contribution in [3.63, 3.8) is 0 Å². The molecular formula is C5H6BF4N2-. The van der Waals surface area contributed by atoms with Gasteiger partial charge in [-0.3, -0.25) is 5.43 Å². The molecule has 0 atom stereocenters. The number of allylic oxidation sites excluding steroid dienone is 3. The van der Waals surface area contributed by atoms with E-state index >= 15 is 0 Å². The molecule has 0 unspecified atom stereocenters. The van der Waals surface area contributed by atoms with Crippen molar-refractivity contribution >= 4 is 13.5 Å². The highest BCUT2D eigenvalue weighted by molar-refractivity contribution is 6.50. The fourth-order valence-electron chi connectivity index (χ4n) is 0.342. The first-order valence-electron chi connectivity index (χ1n) is 2.98. The molecule has 0 saturated heterocycles. The zero-order valence-electron chi connectivity index (χ0n) is 5.92. The summed E-state index contributed by atoms with van der Waals surface area (Å²) in [5.41, 5.74) is 2.67. The highest BCUT2D eigenvalue weighted by Crippen LogP contribution is 2.06. The summed E-state index contributed by atoms with van der Waals surface area (Å²) in [5, 5.41) is 3.72. The smallest absolute Gasteiger partial charge is 0.418 e. The Labute approximate surface area is 66.8 Å². The Morgan fingerprint density at radius 1 is 1.00 bits per heavy atom. The minimum absolute atomic E-state index is 1.69. The molecule has 0 saturated carbocycles. The predicted molar refractivity (Wildman–Crippen MR) is 40.1 cm³/mol. The van der Waals surface area contributed by atoms with E-state index in [1.54, 1.807) is 12.4 Å². The summed E-state index contributed by atoms with van der Waals surface area (Å²) in [7, 11) is -6.00. The van der Waals surface area contributed by atoms with Crippen molar-refractivity contribution in [1.29, 1.82) is 0 Å². The Balaban J connectivity index is 0.000000217. The zero-order valence-corrected chi connectivity index (χ0v) is 5.92. The van der Waals surface area contributed by atoms with Crippen LogP contribution in [-0.2, 0) is 0 Å². The second-order valence-corrected chi connectivity index (χ2v) is 1.65. The molecule has 0 aromatic heterocycles. The first kappa shape index (κ1) is 10.7. The van der Waals surface area contributed by atoms with Crippen molar-refractivity contribution < 1.29 is 17.3 Å². The molecule has 2 nitrogen and oxygen atoms in total. The SMILES string of the molecule is C1=CC=NNC=C1.F[B-](F)(F)F. The highest BCUT2D eigenvalue weighted by atomic mass is 19.5. The van der Waals surface area contributed by atoms with Crippen LogP contribution in [-0.4, -0.2) is 13.5 Å². The van der Waals surface area contributed by atoms with E-state index in [1.807, 2.05) is 18.2 Å². The molecule has 0 bridgehead atoms. The van der Waals surface area contributed by atoms with Crippen LogP contribution in [0.4, 0.5) is 17.3 Å². The van der Waals surface area contributed by atoms with Gasteiger partial charge >= 0.3 is 7.25 Å². The van der Waals surface area contributed by atoms with Gasteiger partial charge in [-0.15, -0.1) is 0 Å². The van der Waals surface area contributed by atoms with Crippen LogP contribution in [0.15, 0.2) is 29.5 Å². The van der Waals surface area contributed by atoms with Gasteiger partial charge in [-0.25, -0.2) is 0 Å². The Kier molecular flexibility index (Phi) is 4.83. The van der Waals surface area contributed by atoms with Crippen LogP contribution in [0.25, 0.3) is 0 Å². The van der Waals surface area contributed by atoms with Crippen LogP contribution in [0.5, 0.6) is 0 Å². The number of hydrogen-bond donors (Lipinski definition) is 1. The van der Waals surface area contributed by atoms with Gasteiger partial charge in [-0.2, -0.15) is 5.10 Å². The molecule has 12 heavy (non-hydrogen) atoms. The lowest BCUT2D eigenvalue weighted by molar-refractivity contribution is 0.368. The van der Waals surface area contributed by atoms with Crippen molar-refractivity contribution in [2.24, 2.45) is 5.10 Å². The third kappa shape index (κ3) is 15.9. The van der Waals surface area contributed by atoms with Gasteiger partial charge in [0.05, 0.1) is 0 Å². The number of hydrogen-bond acceptors (Lipinski definition) is 2. The summed E-state index contributed by atoms with van der Waals surface area (Å²) in [5.74, 6) is 0. The van der Waals surface area contributed by atoms with E-state index in [9.17, 15) is 17.3 Å². The van der Waals surface area contributed by atoms with E-state index in [4.69, 9.17) is 0 Å². The molecule has 0 aliphatic carbocycles. The standard InChI is InChI=1S/C5H6N2.BF4/c1-2-4-6-7-5-3-1;2-1(3,4)5/h1-6H;/q;-1. The summed E-state index contributed by atoms with van der Waals surface area (Å²) < 4.78 is 39.0. The average molecular weight is 181 g/mol. The quantitative estimate of drug-likeness (QED) is 0.448. The van der Waals surface area contributed by atoms with Crippen molar-refractivity contribution in [1.82, 2.24) is 5.43 Å². The van der Waals surface area contributed by atoms with Crippen LogP contribution < -0.4 is 5.43 Å². The molecule has 0 spiro atoms. The Morgan fingerprint density at radius 3 is 2.17 bits per heavy atom. The normalized spacial score (nSPS) is 14.3. The number of rotatable bonds is 0. The lowest BCUT2D eigenvalue weighted by atomic mass is 10.3. The molecule has 0 radical (unpaired) electrons. The molecule has 0 amide bonds. The monoisotopic (exact) mass is 181 g/mol. The molecule has 1 N–H and O–H groups in total. The molecule has 1 aliphatic rings. The van der Waals surface area contributed by atoms with Crippen LogP contribution in [0, 0.1) is 0 Å². The van der Waals surface area contributed by atoms with E-state index in [2.05, 4.69) is 10.5 Å². The first-order chi connectivity index (χ1) is 5.50. The molecule has 0 aromatic rings. The van der Waals surface area contributed by atoms with Gasteiger partial charge in [0.1, 0.15) is 0 Å². The topological polar surface area (TPSA) is 24.4 Å². The maximum atomic E-state index is 9.75. The highest BCUT2D eigenvalue weighted by Gasteiger charge is 2.20. The van der Waals surface area contributed by atoms with Gasteiger partial charge in [-0.1, -0.05) is 6.08 Å². The summed E-state index contributed by atoms with van der Waals surface area (Å²) in [6, 6.07) is 0. The van der Waals surface area contributed by atoms with Gasteiger partial charge < -0.3 is 17.3 Å². The minimum Gasteiger partial charge on any atom is -0.418 e. The van der Waals surface area contributed by atoms with Gasteiger partial charge in [0.2, 0.25) is 0 Å². The van der Waals surface area contributed by atoms with Crippen molar-refractivity contribution in [3.8, 4) is 0 Å². The number of hydrazone groups is 1. The number of nitrogens with zero attached hydrogens (tertiary/aromatic N) is 1. The van der Waals surface area contributed by atoms with Crippen molar-refractivity contribution in [3.05, 3.63) is 24.4 Å². The van der Waals surface area contributed by atoms with Gasteiger partial charge in [0.25, 0.3) is 0 Å². The lowest BCUT2D eigenvalue weighted by Gasteiger charge is -1.94. The molecule has 1 heterocycles. The Bertz CT molecular complexity index is 176. The summed E-state index contributed by atoms with van der Waals surface area (Å²) in [4.78, 5) is 0. The van der Waals surface area contributed by atoms with Gasteiger partial charge in [0, 0.05) is 12.4 Å². The van der Waals surface area contributed by atoms with Crippen LogP contribution in [0.2, 0.25) is 0 Å². The van der Waals surface area contributed by atoms with Gasteiger partial charge in [-0.05, 0) is 12.2 Å². The number of nitrogens with one attached hydrogen (secondary N) is 1. The molecule has 1 aliphatic heterocycles. The van der Waals surface area contributed by atoms with E-state index < -0.39 is 7.25 Å². The zero-order chi connectivity index (χ0) is 9.45. The summed E-state index contributed by atoms with van der Waals surface area (Å²) in [6.45, 7) is 0. The second-order valence-electron chi connectivity index (χ2n) is 1.65. The molecule has 7 heteroatoms. The molecule has 68 valence electrons. The second kappa shape index (κ2) is 5.39. The fourth-order valence-corrected chi connectivity index (χ4v) is 0.342. The van der Waals surface area contributed by atoms with Gasteiger partial charge in [0.15, 0.2) is 0 Å². The summed E-state index contributed by atoms with van der Waals surface area (Å²) >= 11 is 0. The average Bonchev–Trinajstić information content (AvgIpc) is 2.10. The molecule has 0 fully saturated rings. The summed E-state index contributed by atoms with van der Waals surface area (Å²) in [6.07, 6.45) is 9.10. The van der Waals surface area contributed by atoms with E-state index in [0.717, 1.165) is 0 Å². The third-order valence-corrected chi connectivity index (χ3v) is 0.628. The van der Waals surface area contributed by atoms with Crippen molar-refractivity contribution in [2.75, 3.05) is 0 Å². The van der Waals surface area contributed by atoms with Crippen molar-refractivity contribution in [2.45, 2.75) is 0 Å². The molecule has 1 rings (SSSR count). The maximum Gasteiger partial charge on any atom is 0.673 e. The largest absolute Gasteiger partial charge is 0.673 e. The fraction of sp³-hybridized carbons (Fsp3) is 0. The lowest BCUT2D eigenvalue weighted by Crippen LogP contribution is -2.02. The van der Waals surface area contributed by atoms with Crippen LogP contribution >= 0.6 is 0 Å². The predicted octanol–water partition coefficient (Wildman–Crippen LogP) is 1.95. The van der Waals surface area contributed by atoms with E-state index in [1.165, 1.54) is 0 Å². The van der Waals surface area contributed by atoms with E-state index in [-0.39, 0.29) is 0 Å². The Morgan fingerprint density at radius 2 is 1.58 bits per heavy atom. The van der Waals surface area contributed by atoms with Crippen LogP contribution in [0.1, 0.15) is 0 Å².